The van der Waals surface area contributed by atoms with E-state index in [1.807, 2.05) is 36.5 Å². The van der Waals surface area contributed by atoms with Crippen LogP contribution in [0, 0.1) is 17.7 Å². The van der Waals surface area contributed by atoms with Gasteiger partial charge in [0.2, 0.25) is 0 Å². The number of unbranched alkanes of at least 4 members (excludes halogenated alkanes) is 1. The summed E-state index contributed by atoms with van der Waals surface area (Å²) in [7, 11) is 0. The summed E-state index contributed by atoms with van der Waals surface area (Å²) < 4.78 is 13.3. The van der Waals surface area contributed by atoms with E-state index in [4.69, 9.17) is 0 Å². The molecule has 0 atom stereocenters. The molecule has 0 fully saturated rings. The third-order valence-corrected chi connectivity index (χ3v) is 4.98. The summed E-state index contributed by atoms with van der Waals surface area (Å²) in [4.78, 5) is 4.60. The normalized spacial score (nSPS) is 10.6. The second-order valence-corrected chi connectivity index (χ2v) is 7.19. The van der Waals surface area contributed by atoms with Gasteiger partial charge in [0.1, 0.15) is 5.82 Å². The average Bonchev–Trinajstić information content (AvgIpc) is 2.77. The zero-order chi connectivity index (χ0) is 20.1. The van der Waals surface area contributed by atoms with Crippen LogP contribution in [0.3, 0.4) is 0 Å². The molecule has 0 saturated heterocycles. The fourth-order valence-corrected chi connectivity index (χ4v) is 3.29. The highest BCUT2D eigenvalue weighted by Gasteiger charge is 2.01. The molecule has 0 N–H and O–H groups in total. The fraction of sp³-hybridized carbons (Fsp3) is 0.148. The van der Waals surface area contributed by atoms with Crippen LogP contribution >= 0.6 is 0 Å². The summed E-state index contributed by atoms with van der Waals surface area (Å²) in [5.41, 5.74) is 5.22. The largest absolute Gasteiger partial charge is 0.256 e. The summed E-state index contributed by atoms with van der Waals surface area (Å²) in [5, 5.41) is 1.87. The van der Waals surface area contributed by atoms with Crippen molar-refractivity contribution in [1.29, 1.82) is 0 Å². The lowest BCUT2D eigenvalue weighted by molar-refractivity contribution is 0.630. The van der Waals surface area contributed by atoms with E-state index in [9.17, 15) is 4.39 Å². The molecule has 1 nitrogen and oxygen atoms in total. The predicted molar refractivity (Wildman–Crippen MR) is 118 cm³/mol. The topological polar surface area (TPSA) is 12.9 Å². The Bertz CT molecular complexity index is 1180. The van der Waals surface area contributed by atoms with Crippen molar-refractivity contribution in [3.8, 4) is 23.1 Å². The van der Waals surface area contributed by atoms with Gasteiger partial charge in [-0.15, -0.1) is 0 Å². The van der Waals surface area contributed by atoms with Crippen LogP contribution in [0.1, 0.15) is 36.5 Å². The minimum atomic E-state index is -0.221. The van der Waals surface area contributed by atoms with Crippen molar-refractivity contribution in [2.75, 3.05) is 0 Å². The van der Waals surface area contributed by atoms with Crippen LogP contribution in [-0.4, -0.2) is 4.98 Å². The first-order valence-electron chi connectivity index (χ1n) is 9.98. The smallest absolute Gasteiger partial charge is 0.123 e. The number of benzene rings is 3. The van der Waals surface area contributed by atoms with E-state index in [1.165, 1.54) is 30.5 Å². The van der Waals surface area contributed by atoms with Crippen molar-refractivity contribution < 1.29 is 4.39 Å². The van der Waals surface area contributed by atoms with Crippen LogP contribution in [-0.2, 0) is 6.42 Å². The zero-order valence-corrected chi connectivity index (χ0v) is 16.5. The summed E-state index contributed by atoms with van der Waals surface area (Å²) in [6, 6.07) is 23.0. The number of nitrogens with zero attached hydrogens (tertiary/aromatic N) is 1. The Morgan fingerprint density at radius 1 is 0.793 bits per heavy atom. The summed E-state index contributed by atoms with van der Waals surface area (Å²) in [6.07, 6.45) is 5.46. The molecule has 0 aliphatic rings. The van der Waals surface area contributed by atoms with Crippen LogP contribution in [0.25, 0.3) is 22.0 Å². The maximum Gasteiger partial charge on any atom is 0.123 e. The lowest BCUT2D eigenvalue weighted by atomic mass is 10.1. The average molecular weight is 379 g/mol. The van der Waals surface area contributed by atoms with Gasteiger partial charge >= 0.3 is 0 Å². The van der Waals surface area contributed by atoms with E-state index in [-0.39, 0.29) is 5.82 Å². The SMILES string of the molecule is CCCCc1ccc(-c2ccc(C#Cc3ccc4cc(F)ccc4c3)cc2)nc1. The van der Waals surface area contributed by atoms with Gasteiger partial charge in [-0.3, -0.25) is 4.98 Å². The quantitative estimate of drug-likeness (QED) is 0.356. The molecule has 1 heterocycles. The molecule has 2 heteroatoms. The molecule has 0 amide bonds. The van der Waals surface area contributed by atoms with Crippen LogP contribution in [0.5, 0.6) is 0 Å². The first kappa shape index (κ1) is 18.9. The standard InChI is InChI=1S/C27H22FN/c1-2-3-4-22-10-16-27(29-19-22)23-11-7-20(8-12-23)5-6-21-9-13-25-18-26(28)15-14-24(25)17-21/h7-19H,2-4H2,1H3. The maximum absolute atomic E-state index is 13.3. The zero-order valence-electron chi connectivity index (χ0n) is 16.5. The minimum absolute atomic E-state index is 0.221. The van der Waals surface area contributed by atoms with Crippen LogP contribution in [0.4, 0.5) is 4.39 Å². The molecule has 0 aliphatic heterocycles. The highest BCUT2D eigenvalue weighted by atomic mass is 19.1. The van der Waals surface area contributed by atoms with E-state index in [0.29, 0.717) is 0 Å². The van der Waals surface area contributed by atoms with Crippen molar-refractivity contribution in [2.45, 2.75) is 26.2 Å². The number of pyridine rings is 1. The van der Waals surface area contributed by atoms with Crippen LogP contribution < -0.4 is 0 Å². The molecule has 29 heavy (non-hydrogen) atoms. The monoisotopic (exact) mass is 379 g/mol. The molecule has 3 aromatic carbocycles. The number of aryl methyl sites for hydroxylation is 1. The summed E-state index contributed by atoms with van der Waals surface area (Å²) in [5.74, 6) is 6.18. The molecule has 4 aromatic rings. The van der Waals surface area contributed by atoms with Gasteiger partial charge in [0.05, 0.1) is 5.69 Å². The van der Waals surface area contributed by atoms with Gasteiger partial charge in [-0.2, -0.15) is 0 Å². The van der Waals surface area contributed by atoms with Crippen molar-refractivity contribution in [3.63, 3.8) is 0 Å². The minimum Gasteiger partial charge on any atom is -0.256 e. The Labute approximate surface area is 171 Å². The van der Waals surface area contributed by atoms with Gasteiger partial charge in [-0.25, -0.2) is 4.39 Å². The fourth-order valence-electron chi connectivity index (χ4n) is 3.29. The highest BCUT2D eigenvalue weighted by Crippen LogP contribution is 2.19. The number of fused-ring (bicyclic) bond motifs is 1. The van der Waals surface area contributed by atoms with Crippen molar-refractivity contribution in [3.05, 3.63) is 102 Å². The molecule has 0 saturated carbocycles. The Balaban J connectivity index is 1.49. The summed E-state index contributed by atoms with van der Waals surface area (Å²) >= 11 is 0. The second-order valence-electron chi connectivity index (χ2n) is 7.19. The number of rotatable bonds is 4. The molecule has 142 valence electrons. The molecule has 0 unspecified atom stereocenters. The van der Waals surface area contributed by atoms with E-state index in [0.717, 1.165) is 39.6 Å². The molecule has 4 rings (SSSR count). The Kier molecular flexibility index (Phi) is 5.68. The van der Waals surface area contributed by atoms with Gasteiger partial charge in [-0.05, 0) is 71.6 Å². The van der Waals surface area contributed by atoms with E-state index in [1.54, 1.807) is 6.07 Å². The number of halogens is 1. The van der Waals surface area contributed by atoms with E-state index in [2.05, 4.69) is 48.0 Å². The first-order valence-corrected chi connectivity index (χ1v) is 9.98. The molecule has 0 spiro atoms. The maximum atomic E-state index is 13.3. The number of hydrogen-bond acceptors (Lipinski definition) is 1. The number of aromatic nitrogens is 1. The molecule has 0 bridgehead atoms. The van der Waals surface area contributed by atoms with Gasteiger partial charge in [-0.1, -0.05) is 55.5 Å². The summed E-state index contributed by atoms with van der Waals surface area (Å²) in [6.45, 7) is 2.20. The van der Waals surface area contributed by atoms with Gasteiger partial charge in [0.15, 0.2) is 0 Å². The van der Waals surface area contributed by atoms with E-state index >= 15 is 0 Å². The Morgan fingerprint density at radius 2 is 1.52 bits per heavy atom. The number of hydrogen-bond donors (Lipinski definition) is 0. The molecule has 0 radical (unpaired) electrons. The van der Waals surface area contributed by atoms with Crippen LogP contribution in [0.2, 0.25) is 0 Å². The third-order valence-electron chi connectivity index (χ3n) is 4.98. The second kappa shape index (κ2) is 8.71. The molecular weight excluding hydrogens is 357 g/mol. The third kappa shape index (κ3) is 4.70. The highest BCUT2D eigenvalue weighted by molar-refractivity contribution is 5.84. The van der Waals surface area contributed by atoms with Gasteiger partial charge in [0, 0.05) is 22.9 Å². The first-order chi connectivity index (χ1) is 14.2. The molecule has 0 aliphatic carbocycles. The van der Waals surface area contributed by atoms with Crippen molar-refractivity contribution >= 4 is 10.8 Å². The lowest BCUT2D eigenvalue weighted by Gasteiger charge is -2.03. The predicted octanol–water partition coefficient (Wildman–Crippen LogP) is 6.78. The van der Waals surface area contributed by atoms with Crippen molar-refractivity contribution in [1.82, 2.24) is 4.98 Å². The Morgan fingerprint density at radius 3 is 2.28 bits per heavy atom. The molecular formula is C27H22FN. The molecule has 1 aromatic heterocycles. The lowest BCUT2D eigenvalue weighted by Crippen LogP contribution is -1.89. The van der Waals surface area contributed by atoms with Gasteiger partial charge in [0.25, 0.3) is 0 Å². The van der Waals surface area contributed by atoms with Crippen molar-refractivity contribution in [2.24, 2.45) is 0 Å². The Hall–Kier alpha value is -3.44. The van der Waals surface area contributed by atoms with Crippen LogP contribution in [0.15, 0.2) is 79.0 Å². The van der Waals surface area contributed by atoms with E-state index < -0.39 is 0 Å². The van der Waals surface area contributed by atoms with Gasteiger partial charge < -0.3 is 0 Å².